The third-order valence-electron chi connectivity index (χ3n) is 3.97. The second-order valence-corrected chi connectivity index (χ2v) is 8.26. The van der Waals surface area contributed by atoms with Crippen LogP contribution in [-0.4, -0.2) is 42.0 Å². The van der Waals surface area contributed by atoms with E-state index in [1.54, 1.807) is 18.2 Å². The zero-order valence-electron chi connectivity index (χ0n) is 16.6. The predicted molar refractivity (Wildman–Crippen MR) is 113 cm³/mol. The fourth-order valence-electron chi connectivity index (χ4n) is 2.32. The van der Waals surface area contributed by atoms with Gasteiger partial charge in [0.15, 0.2) is 11.2 Å². The summed E-state index contributed by atoms with van der Waals surface area (Å²) in [6.07, 6.45) is 0. The normalized spacial score (nSPS) is 13.4. The maximum absolute atomic E-state index is 12.4. The van der Waals surface area contributed by atoms with Crippen LogP contribution in [0.2, 0.25) is 0 Å². The highest BCUT2D eigenvalue weighted by Gasteiger charge is 2.23. The molecule has 0 radical (unpaired) electrons. The van der Waals surface area contributed by atoms with Crippen LogP contribution in [-0.2, 0) is 19.7 Å². The number of amides is 2. The number of nitrogens with zero attached hydrogens (tertiary/aromatic N) is 2. The molecule has 2 amide bonds. The summed E-state index contributed by atoms with van der Waals surface area (Å²) in [6.45, 7) is 2.29. The largest absolute Gasteiger partial charge is 0.399 e. The summed E-state index contributed by atoms with van der Waals surface area (Å²) < 4.78 is 31.1. The average molecular weight is 447 g/mol. The quantitative estimate of drug-likeness (QED) is 0.206. The molecule has 2 atom stereocenters. The molecule has 0 aliphatic heterocycles. The SMILES string of the molecule is CC(=O)C(N=Nc1cccc(C(=O)NC(C)S(=O)(=O)O)c1)C(=O)Nc1cccc(N)c1. The first-order chi connectivity index (χ1) is 14.5. The number of carbonyl (C=O) groups excluding carboxylic acids is 3. The number of anilines is 2. The van der Waals surface area contributed by atoms with Gasteiger partial charge in [0.2, 0.25) is 6.04 Å². The van der Waals surface area contributed by atoms with Crippen molar-refractivity contribution in [3.05, 3.63) is 54.1 Å². The Morgan fingerprint density at radius 1 is 1.10 bits per heavy atom. The Morgan fingerprint density at radius 2 is 1.77 bits per heavy atom. The van der Waals surface area contributed by atoms with Gasteiger partial charge in [-0.05, 0) is 50.2 Å². The number of ketones is 1. The highest BCUT2D eigenvalue weighted by atomic mass is 32.2. The molecule has 2 aromatic carbocycles. The summed E-state index contributed by atoms with van der Waals surface area (Å²) in [7, 11) is -4.45. The minimum absolute atomic E-state index is 0.0375. The Hall–Kier alpha value is -3.64. The van der Waals surface area contributed by atoms with Gasteiger partial charge in [-0.25, -0.2) is 0 Å². The Kier molecular flexibility index (Phi) is 7.56. The topological polar surface area (TPSA) is 180 Å². The number of hydrogen-bond donors (Lipinski definition) is 4. The van der Waals surface area contributed by atoms with Gasteiger partial charge in [-0.1, -0.05) is 12.1 Å². The summed E-state index contributed by atoms with van der Waals surface area (Å²) in [5, 5.41) is 10.8. The number of Topliss-reactive ketones (excluding diaryl/α,β-unsaturated/α-hetero) is 1. The molecule has 2 rings (SSSR count). The second-order valence-electron chi connectivity index (χ2n) is 6.52. The molecule has 0 fully saturated rings. The molecule has 0 spiro atoms. The van der Waals surface area contributed by atoms with Gasteiger partial charge < -0.3 is 16.4 Å². The first kappa shape index (κ1) is 23.6. The van der Waals surface area contributed by atoms with Gasteiger partial charge >= 0.3 is 0 Å². The maximum atomic E-state index is 12.4. The second kappa shape index (κ2) is 9.91. The van der Waals surface area contributed by atoms with E-state index < -0.39 is 39.1 Å². The monoisotopic (exact) mass is 447 g/mol. The highest BCUT2D eigenvalue weighted by molar-refractivity contribution is 7.86. The van der Waals surface area contributed by atoms with Crippen molar-refractivity contribution in [2.24, 2.45) is 10.2 Å². The molecule has 2 unspecified atom stereocenters. The van der Waals surface area contributed by atoms with Gasteiger partial charge in [0, 0.05) is 16.9 Å². The van der Waals surface area contributed by atoms with Crippen LogP contribution < -0.4 is 16.4 Å². The zero-order chi connectivity index (χ0) is 23.2. The summed E-state index contributed by atoms with van der Waals surface area (Å²) in [5.74, 6) is -2.04. The van der Waals surface area contributed by atoms with Crippen LogP contribution >= 0.6 is 0 Å². The molecule has 0 saturated carbocycles. The molecule has 0 heterocycles. The molecule has 2 aromatic rings. The first-order valence-corrected chi connectivity index (χ1v) is 10.4. The number of nitrogens with two attached hydrogens (primary N) is 1. The number of nitrogen functional groups attached to an aromatic ring is 1. The lowest BCUT2D eigenvalue weighted by Crippen LogP contribution is -2.38. The van der Waals surface area contributed by atoms with Crippen LogP contribution in [0, 0.1) is 0 Å². The van der Waals surface area contributed by atoms with E-state index >= 15 is 0 Å². The van der Waals surface area contributed by atoms with Gasteiger partial charge in [0.1, 0.15) is 0 Å². The molecule has 11 nitrogen and oxygen atoms in total. The van der Waals surface area contributed by atoms with Crippen molar-refractivity contribution in [3.8, 4) is 0 Å². The van der Waals surface area contributed by atoms with E-state index in [-0.39, 0.29) is 11.3 Å². The number of carbonyl (C=O) groups is 3. The van der Waals surface area contributed by atoms with Crippen molar-refractivity contribution in [2.75, 3.05) is 11.1 Å². The van der Waals surface area contributed by atoms with Crippen molar-refractivity contribution in [1.29, 1.82) is 0 Å². The van der Waals surface area contributed by atoms with E-state index in [0.717, 1.165) is 6.92 Å². The number of rotatable bonds is 8. The molecule has 0 aromatic heterocycles. The van der Waals surface area contributed by atoms with Gasteiger partial charge in [-0.3, -0.25) is 18.9 Å². The van der Waals surface area contributed by atoms with E-state index in [0.29, 0.717) is 11.4 Å². The zero-order valence-corrected chi connectivity index (χ0v) is 17.5. The van der Waals surface area contributed by atoms with Crippen molar-refractivity contribution >= 4 is 44.8 Å². The molecular weight excluding hydrogens is 426 g/mol. The molecule has 0 saturated heterocycles. The lowest BCUT2D eigenvalue weighted by atomic mass is 10.2. The summed E-state index contributed by atoms with van der Waals surface area (Å²) in [6, 6.07) is 10.5. The lowest BCUT2D eigenvalue weighted by molar-refractivity contribution is -0.126. The fourth-order valence-corrected chi connectivity index (χ4v) is 2.58. The van der Waals surface area contributed by atoms with Gasteiger partial charge in [0.05, 0.1) is 5.69 Å². The van der Waals surface area contributed by atoms with Crippen LogP contribution in [0.1, 0.15) is 24.2 Å². The Balaban J connectivity index is 2.16. The predicted octanol–water partition coefficient (Wildman–Crippen LogP) is 1.91. The van der Waals surface area contributed by atoms with Crippen molar-refractivity contribution in [1.82, 2.24) is 5.32 Å². The molecule has 5 N–H and O–H groups in total. The lowest BCUT2D eigenvalue weighted by Gasteiger charge is -2.11. The van der Waals surface area contributed by atoms with Crippen LogP contribution in [0.3, 0.4) is 0 Å². The average Bonchev–Trinajstić information content (AvgIpc) is 2.67. The van der Waals surface area contributed by atoms with Crippen molar-refractivity contribution in [2.45, 2.75) is 25.3 Å². The minimum atomic E-state index is -4.45. The van der Waals surface area contributed by atoms with Gasteiger partial charge in [-0.15, -0.1) is 0 Å². The number of benzene rings is 2. The van der Waals surface area contributed by atoms with E-state index in [4.69, 9.17) is 10.3 Å². The molecule has 0 bridgehead atoms. The van der Waals surface area contributed by atoms with E-state index in [1.807, 2.05) is 0 Å². The number of azo groups is 1. The van der Waals surface area contributed by atoms with E-state index in [2.05, 4.69) is 20.9 Å². The van der Waals surface area contributed by atoms with E-state index in [9.17, 15) is 22.8 Å². The van der Waals surface area contributed by atoms with Crippen LogP contribution in [0.15, 0.2) is 58.8 Å². The first-order valence-electron chi connectivity index (χ1n) is 8.92. The molecular formula is C19H21N5O6S. The maximum Gasteiger partial charge on any atom is 0.285 e. The molecule has 31 heavy (non-hydrogen) atoms. The number of hydrogen-bond acceptors (Lipinski definition) is 8. The molecule has 0 aliphatic rings. The Morgan fingerprint density at radius 3 is 2.39 bits per heavy atom. The van der Waals surface area contributed by atoms with Crippen LogP contribution in [0.4, 0.5) is 17.1 Å². The third kappa shape index (κ3) is 6.97. The van der Waals surface area contributed by atoms with Gasteiger partial charge in [0.25, 0.3) is 21.9 Å². The van der Waals surface area contributed by atoms with Crippen LogP contribution in [0.5, 0.6) is 0 Å². The molecule has 164 valence electrons. The summed E-state index contributed by atoms with van der Waals surface area (Å²) >= 11 is 0. The number of nitrogens with one attached hydrogen (secondary N) is 2. The Bertz CT molecular complexity index is 1130. The highest BCUT2D eigenvalue weighted by Crippen LogP contribution is 2.17. The molecule has 12 heteroatoms. The smallest absolute Gasteiger partial charge is 0.285 e. The standard InChI is InChI=1S/C19H21N5O6S/c1-11(25)17(19(27)22-15-7-4-6-14(20)10-15)24-23-16-8-3-5-13(9-16)18(26)21-12(2)31(28,29)30/h3-10,12,17H,20H2,1-2H3,(H,21,26)(H,22,27)(H,28,29,30). The summed E-state index contributed by atoms with van der Waals surface area (Å²) in [5.41, 5.74) is 6.66. The van der Waals surface area contributed by atoms with Crippen molar-refractivity contribution < 1.29 is 27.4 Å². The summed E-state index contributed by atoms with van der Waals surface area (Å²) in [4.78, 5) is 36.4. The minimum Gasteiger partial charge on any atom is -0.399 e. The molecule has 0 aliphatic carbocycles. The van der Waals surface area contributed by atoms with Gasteiger partial charge in [-0.2, -0.15) is 18.6 Å². The van der Waals surface area contributed by atoms with E-state index in [1.165, 1.54) is 37.3 Å². The fraction of sp³-hybridized carbons (Fsp3) is 0.211. The van der Waals surface area contributed by atoms with Crippen LogP contribution in [0.25, 0.3) is 0 Å². The Labute approximate surface area is 178 Å². The van der Waals surface area contributed by atoms with Crippen molar-refractivity contribution in [3.63, 3.8) is 0 Å². The third-order valence-corrected chi connectivity index (χ3v) is 4.98.